The van der Waals surface area contributed by atoms with E-state index in [0.717, 1.165) is 17.0 Å². The molecule has 6 nitrogen and oxygen atoms in total. The normalized spacial score (nSPS) is 12.0. The molecule has 2 aromatic rings. The van der Waals surface area contributed by atoms with Gasteiger partial charge in [0.1, 0.15) is 5.69 Å². The molecule has 0 fully saturated rings. The molecule has 0 aliphatic heterocycles. The van der Waals surface area contributed by atoms with Gasteiger partial charge >= 0.3 is 0 Å². The molecule has 1 heterocycles. The summed E-state index contributed by atoms with van der Waals surface area (Å²) in [6.07, 6.45) is 1.71. The van der Waals surface area contributed by atoms with E-state index in [2.05, 4.69) is 10.4 Å². The standard InChI is InChI=1S/C15H21N3O3/c1-16-14(15-13(21-5)9-17-18(15)2)10-6-7-11(19-3)12(8-10)20-4/h6-9,14,16H,1-5H3. The van der Waals surface area contributed by atoms with Crippen LogP contribution in [-0.2, 0) is 7.05 Å². The van der Waals surface area contributed by atoms with E-state index < -0.39 is 0 Å². The second-order valence-corrected chi connectivity index (χ2v) is 4.56. The Morgan fingerprint density at radius 3 is 2.29 bits per heavy atom. The molecular weight excluding hydrogens is 270 g/mol. The summed E-state index contributed by atoms with van der Waals surface area (Å²) in [7, 11) is 8.68. The first-order chi connectivity index (χ1) is 10.2. The summed E-state index contributed by atoms with van der Waals surface area (Å²) < 4.78 is 17.8. The molecule has 6 heteroatoms. The van der Waals surface area contributed by atoms with Gasteiger partial charge in [0.05, 0.1) is 33.6 Å². The third-order valence-corrected chi connectivity index (χ3v) is 3.47. The first-order valence-electron chi connectivity index (χ1n) is 6.61. The fourth-order valence-electron chi connectivity index (χ4n) is 2.41. The number of hydrogen-bond acceptors (Lipinski definition) is 5. The molecule has 0 radical (unpaired) electrons. The maximum absolute atomic E-state index is 5.39. The summed E-state index contributed by atoms with van der Waals surface area (Å²) in [5, 5.41) is 7.54. The molecule has 0 aliphatic carbocycles. The van der Waals surface area contributed by atoms with Gasteiger partial charge in [-0.2, -0.15) is 5.10 Å². The van der Waals surface area contributed by atoms with Crippen molar-refractivity contribution in [3.8, 4) is 17.2 Å². The minimum atomic E-state index is -0.0627. The third-order valence-electron chi connectivity index (χ3n) is 3.47. The molecule has 21 heavy (non-hydrogen) atoms. The average Bonchev–Trinajstić information content (AvgIpc) is 2.89. The van der Waals surface area contributed by atoms with Crippen molar-refractivity contribution in [1.82, 2.24) is 15.1 Å². The molecule has 0 saturated heterocycles. The lowest BCUT2D eigenvalue weighted by Crippen LogP contribution is -2.21. The minimum Gasteiger partial charge on any atom is -0.493 e. The van der Waals surface area contributed by atoms with Crippen LogP contribution in [0.2, 0.25) is 0 Å². The summed E-state index contributed by atoms with van der Waals surface area (Å²) in [5.74, 6) is 2.14. The summed E-state index contributed by atoms with van der Waals surface area (Å²) in [5.41, 5.74) is 1.99. The highest BCUT2D eigenvalue weighted by atomic mass is 16.5. The zero-order valence-corrected chi connectivity index (χ0v) is 13.0. The Hall–Kier alpha value is -2.21. The fraction of sp³-hybridized carbons (Fsp3) is 0.400. The topological polar surface area (TPSA) is 57.5 Å². The zero-order valence-electron chi connectivity index (χ0n) is 13.0. The van der Waals surface area contributed by atoms with E-state index >= 15 is 0 Å². The molecule has 0 amide bonds. The van der Waals surface area contributed by atoms with Crippen LogP contribution in [0.5, 0.6) is 17.2 Å². The number of nitrogens with zero attached hydrogens (tertiary/aromatic N) is 2. The van der Waals surface area contributed by atoms with Crippen LogP contribution >= 0.6 is 0 Å². The number of aryl methyl sites for hydroxylation is 1. The summed E-state index contributed by atoms with van der Waals surface area (Å²) in [6, 6.07) is 5.77. The highest BCUT2D eigenvalue weighted by molar-refractivity contribution is 5.46. The second kappa shape index (κ2) is 6.49. The monoisotopic (exact) mass is 291 g/mol. The largest absolute Gasteiger partial charge is 0.493 e. The Morgan fingerprint density at radius 2 is 1.71 bits per heavy atom. The van der Waals surface area contributed by atoms with Crippen LogP contribution in [0.25, 0.3) is 0 Å². The molecule has 1 aromatic carbocycles. The van der Waals surface area contributed by atoms with E-state index in [-0.39, 0.29) is 6.04 Å². The quantitative estimate of drug-likeness (QED) is 0.879. The molecule has 0 spiro atoms. The molecule has 1 aromatic heterocycles. The Morgan fingerprint density at radius 1 is 1.05 bits per heavy atom. The van der Waals surface area contributed by atoms with Gasteiger partial charge in [0.2, 0.25) is 0 Å². The number of rotatable bonds is 6. The van der Waals surface area contributed by atoms with E-state index in [9.17, 15) is 0 Å². The van der Waals surface area contributed by atoms with Gasteiger partial charge in [0.25, 0.3) is 0 Å². The van der Waals surface area contributed by atoms with Crippen LogP contribution in [-0.4, -0.2) is 38.2 Å². The predicted molar refractivity (Wildman–Crippen MR) is 80.2 cm³/mol. The molecular formula is C15H21N3O3. The lowest BCUT2D eigenvalue weighted by molar-refractivity contribution is 0.354. The number of hydrogen-bond donors (Lipinski definition) is 1. The highest BCUT2D eigenvalue weighted by Crippen LogP contribution is 2.34. The van der Waals surface area contributed by atoms with Crippen molar-refractivity contribution in [3.05, 3.63) is 35.7 Å². The van der Waals surface area contributed by atoms with Gasteiger partial charge in [-0.3, -0.25) is 4.68 Å². The van der Waals surface area contributed by atoms with Crippen LogP contribution < -0.4 is 19.5 Å². The van der Waals surface area contributed by atoms with E-state index in [1.54, 1.807) is 32.2 Å². The van der Waals surface area contributed by atoms with Gasteiger partial charge < -0.3 is 19.5 Å². The Bertz CT molecular complexity index is 610. The van der Waals surface area contributed by atoms with Gasteiger partial charge in [-0.05, 0) is 24.7 Å². The highest BCUT2D eigenvalue weighted by Gasteiger charge is 2.22. The smallest absolute Gasteiger partial charge is 0.161 e. The maximum Gasteiger partial charge on any atom is 0.161 e. The first-order valence-corrected chi connectivity index (χ1v) is 6.61. The van der Waals surface area contributed by atoms with Gasteiger partial charge in [-0.25, -0.2) is 0 Å². The van der Waals surface area contributed by atoms with Crippen molar-refractivity contribution in [1.29, 1.82) is 0 Å². The van der Waals surface area contributed by atoms with E-state index in [0.29, 0.717) is 11.5 Å². The average molecular weight is 291 g/mol. The van der Waals surface area contributed by atoms with E-state index in [4.69, 9.17) is 14.2 Å². The molecule has 0 bridgehead atoms. The number of methoxy groups -OCH3 is 3. The zero-order chi connectivity index (χ0) is 15.4. The maximum atomic E-state index is 5.39. The number of aromatic nitrogens is 2. The van der Waals surface area contributed by atoms with Crippen molar-refractivity contribution in [2.24, 2.45) is 7.05 Å². The van der Waals surface area contributed by atoms with Gasteiger partial charge in [0, 0.05) is 7.05 Å². The van der Waals surface area contributed by atoms with Crippen molar-refractivity contribution in [2.75, 3.05) is 28.4 Å². The predicted octanol–water partition coefficient (Wildman–Crippen LogP) is 1.75. The molecule has 0 aliphatic rings. The SMILES string of the molecule is CNC(c1ccc(OC)c(OC)c1)c1c(OC)cnn1C. The molecule has 2 rings (SSSR count). The Labute approximate surface area is 124 Å². The number of nitrogens with one attached hydrogen (secondary N) is 1. The summed E-state index contributed by atoms with van der Waals surface area (Å²) in [6.45, 7) is 0. The Kier molecular flexibility index (Phi) is 4.70. The van der Waals surface area contributed by atoms with Crippen molar-refractivity contribution in [3.63, 3.8) is 0 Å². The van der Waals surface area contributed by atoms with Crippen LogP contribution in [0.15, 0.2) is 24.4 Å². The Balaban J connectivity index is 2.48. The minimum absolute atomic E-state index is 0.0627. The number of benzene rings is 1. The van der Waals surface area contributed by atoms with Crippen molar-refractivity contribution in [2.45, 2.75) is 6.04 Å². The van der Waals surface area contributed by atoms with Crippen molar-refractivity contribution >= 4 is 0 Å². The summed E-state index contributed by atoms with van der Waals surface area (Å²) in [4.78, 5) is 0. The molecule has 1 atom stereocenters. The molecule has 114 valence electrons. The molecule has 1 unspecified atom stereocenters. The summed E-state index contributed by atoms with van der Waals surface area (Å²) >= 11 is 0. The van der Waals surface area contributed by atoms with Crippen molar-refractivity contribution < 1.29 is 14.2 Å². The first kappa shape index (κ1) is 15.2. The van der Waals surface area contributed by atoms with Gasteiger partial charge in [-0.15, -0.1) is 0 Å². The van der Waals surface area contributed by atoms with Gasteiger partial charge in [0.15, 0.2) is 17.2 Å². The van der Waals surface area contributed by atoms with Crippen LogP contribution in [0.1, 0.15) is 17.3 Å². The lowest BCUT2D eigenvalue weighted by atomic mass is 10.0. The van der Waals surface area contributed by atoms with E-state index in [1.807, 2.05) is 32.3 Å². The molecule has 1 N–H and O–H groups in total. The number of ether oxygens (including phenoxy) is 3. The van der Waals surface area contributed by atoms with Crippen LogP contribution in [0.4, 0.5) is 0 Å². The fourth-order valence-corrected chi connectivity index (χ4v) is 2.41. The second-order valence-electron chi connectivity index (χ2n) is 4.56. The van der Waals surface area contributed by atoms with E-state index in [1.165, 1.54) is 0 Å². The molecule has 0 saturated carbocycles. The van der Waals surface area contributed by atoms with Gasteiger partial charge in [-0.1, -0.05) is 6.07 Å². The third kappa shape index (κ3) is 2.80. The van der Waals surface area contributed by atoms with Crippen LogP contribution in [0, 0.1) is 0 Å². The lowest BCUT2D eigenvalue weighted by Gasteiger charge is -2.20. The van der Waals surface area contributed by atoms with Crippen LogP contribution in [0.3, 0.4) is 0 Å².